The van der Waals surface area contributed by atoms with Crippen molar-refractivity contribution < 1.29 is 23.7 Å². The minimum absolute atomic E-state index is 0.0841. The Balaban J connectivity index is 1.81. The predicted molar refractivity (Wildman–Crippen MR) is 70.4 cm³/mol. The first kappa shape index (κ1) is 13.5. The monoisotopic (exact) mass is 300 g/mol. The van der Waals surface area contributed by atoms with Crippen molar-refractivity contribution in [1.82, 2.24) is 4.90 Å². The average molecular weight is 300 g/mol. The quantitative estimate of drug-likeness (QED) is 0.579. The lowest BCUT2D eigenvalue weighted by Crippen LogP contribution is -2.64. The van der Waals surface area contributed by atoms with Crippen molar-refractivity contribution in [3.63, 3.8) is 0 Å². The van der Waals surface area contributed by atoms with Crippen molar-refractivity contribution in [2.75, 3.05) is 6.61 Å². The lowest BCUT2D eigenvalue weighted by molar-refractivity contribution is -0.150. The number of oxime groups is 1. The Hall–Kier alpha value is -1.44. The molecule has 1 saturated carbocycles. The number of carboxylic acid groups (broad SMARTS) is 1. The molecule has 0 aromatic rings. The van der Waals surface area contributed by atoms with E-state index >= 15 is 0 Å². The first-order valence-corrected chi connectivity index (χ1v) is 7.73. The van der Waals surface area contributed by atoms with Crippen LogP contribution in [0, 0.1) is 5.92 Å². The van der Waals surface area contributed by atoms with E-state index in [1.165, 1.54) is 0 Å². The third kappa shape index (κ3) is 1.77. The molecule has 2 saturated heterocycles. The third-order valence-corrected chi connectivity index (χ3v) is 6.12. The van der Waals surface area contributed by atoms with Crippen LogP contribution in [0.2, 0.25) is 0 Å². The number of carbonyl (C=O) groups is 2. The number of amides is 1. The Bertz CT molecular complexity index is 540. The SMILES string of the molecule is CC1(C)[C@H](C(=O)O)N2C(=O)/C(=N/OCC3CC3)[C@H]2S1=O. The molecule has 3 atom stereocenters. The minimum atomic E-state index is -1.51. The number of rotatable bonds is 4. The molecule has 3 fully saturated rings. The Labute approximate surface area is 118 Å². The molecule has 8 heteroatoms. The van der Waals surface area contributed by atoms with Crippen LogP contribution < -0.4 is 0 Å². The zero-order valence-corrected chi connectivity index (χ0v) is 12.1. The maximum Gasteiger partial charge on any atom is 0.328 e. The number of hydrogen-bond acceptors (Lipinski definition) is 5. The van der Waals surface area contributed by atoms with Gasteiger partial charge in [0.2, 0.25) is 0 Å². The van der Waals surface area contributed by atoms with Gasteiger partial charge < -0.3 is 14.8 Å². The molecule has 0 aromatic heterocycles. The fraction of sp³-hybridized carbons (Fsp3) is 0.750. The lowest BCUT2D eigenvalue weighted by Gasteiger charge is -2.36. The van der Waals surface area contributed by atoms with Crippen molar-refractivity contribution in [1.29, 1.82) is 0 Å². The molecule has 110 valence electrons. The van der Waals surface area contributed by atoms with Crippen LogP contribution in [0.1, 0.15) is 26.7 Å². The van der Waals surface area contributed by atoms with Crippen LogP contribution >= 0.6 is 0 Å². The molecule has 0 bridgehead atoms. The van der Waals surface area contributed by atoms with E-state index < -0.39 is 38.8 Å². The number of nitrogens with zero attached hydrogens (tertiary/aromatic N) is 2. The second-order valence-corrected chi connectivity index (χ2v) is 8.02. The molecule has 3 aliphatic rings. The van der Waals surface area contributed by atoms with Gasteiger partial charge in [0, 0.05) is 0 Å². The Morgan fingerprint density at radius 2 is 2.20 bits per heavy atom. The molecule has 1 unspecified atom stereocenters. The van der Waals surface area contributed by atoms with Gasteiger partial charge in [-0.05, 0) is 32.6 Å². The molecule has 3 rings (SSSR count). The Morgan fingerprint density at radius 1 is 1.55 bits per heavy atom. The van der Waals surface area contributed by atoms with Crippen molar-refractivity contribution in [2.45, 2.75) is 42.9 Å². The molecule has 0 aromatic carbocycles. The maximum absolute atomic E-state index is 12.4. The molecule has 2 heterocycles. The van der Waals surface area contributed by atoms with Gasteiger partial charge in [-0.3, -0.25) is 9.00 Å². The standard InChI is InChI=1S/C12H16N2O5S/c1-12(2)8(11(16)17)14-9(15)7(10(14)20(12)18)13-19-5-6-3-4-6/h6,8,10H,3-5H2,1-2H3,(H,16,17)/b13-7-/t8-,10+,20?/m0/s1. The van der Waals surface area contributed by atoms with E-state index in [0.29, 0.717) is 12.5 Å². The summed E-state index contributed by atoms with van der Waals surface area (Å²) in [5.74, 6) is -1.13. The van der Waals surface area contributed by atoms with Crippen molar-refractivity contribution in [2.24, 2.45) is 11.1 Å². The zero-order valence-electron chi connectivity index (χ0n) is 11.2. The van der Waals surface area contributed by atoms with Crippen LogP contribution in [0.25, 0.3) is 0 Å². The predicted octanol–water partition coefficient (Wildman–Crippen LogP) is -0.0686. The number of carboxylic acids is 1. The highest BCUT2D eigenvalue weighted by Crippen LogP contribution is 2.42. The van der Waals surface area contributed by atoms with Gasteiger partial charge in [0.05, 0.1) is 15.5 Å². The molecular formula is C12H16N2O5S. The van der Waals surface area contributed by atoms with Gasteiger partial charge in [-0.1, -0.05) is 5.16 Å². The van der Waals surface area contributed by atoms with Gasteiger partial charge in [0.15, 0.2) is 11.1 Å². The topological polar surface area (TPSA) is 96.3 Å². The van der Waals surface area contributed by atoms with E-state index in [2.05, 4.69) is 5.16 Å². The maximum atomic E-state index is 12.4. The molecule has 7 nitrogen and oxygen atoms in total. The summed E-state index contributed by atoms with van der Waals surface area (Å²) >= 11 is 0. The summed E-state index contributed by atoms with van der Waals surface area (Å²) in [5.41, 5.74) is 0.0841. The van der Waals surface area contributed by atoms with Crippen LogP contribution in [-0.4, -0.2) is 54.6 Å². The van der Waals surface area contributed by atoms with Gasteiger partial charge in [-0.2, -0.15) is 0 Å². The van der Waals surface area contributed by atoms with Gasteiger partial charge >= 0.3 is 5.97 Å². The molecule has 1 N–H and O–H groups in total. The number of β-lactam (4-membered cyclic amide) rings is 1. The summed E-state index contributed by atoms with van der Waals surface area (Å²) in [6.45, 7) is 3.65. The normalized spacial score (nSPS) is 36.7. The second kappa shape index (κ2) is 4.28. The molecule has 2 aliphatic heterocycles. The third-order valence-electron chi connectivity index (χ3n) is 4.00. The van der Waals surface area contributed by atoms with Gasteiger partial charge in [-0.15, -0.1) is 0 Å². The van der Waals surface area contributed by atoms with Crippen molar-refractivity contribution >= 4 is 28.4 Å². The Morgan fingerprint density at radius 3 is 2.75 bits per heavy atom. The Kier molecular flexibility index (Phi) is 2.89. The van der Waals surface area contributed by atoms with Gasteiger partial charge in [0.1, 0.15) is 12.6 Å². The van der Waals surface area contributed by atoms with Gasteiger partial charge in [-0.25, -0.2) is 4.79 Å². The molecule has 20 heavy (non-hydrogen) atoms. The summed E-state index contributed by atoms with van der Waals surface area (Å²) in [5, 5.41) is 12.3. The molecule has 1 aliphatic carbocycles. The summed E-state index contributed by atoms with van der Waals surface area (Å²) < 4.78 is 11.4. The van der Waals surface area contributed by atoms with E-state index in [1.54, 1.807) is 13.8 Å². The molecule has 0 spiro atoms. The summed E-state index contributed by atoms with van der Waals surface area (Å²) in [6.07, 6.45) is 2.21. The van der Waals surface area contributed by atoms with Crippen LogP contribution in [0.4, 0.5) is 0 Å². The van der Waals surface area contributed by atoms with E-state index in [0.717, 1.165) is 17.7 Å². The highest BCUT2D eigenvalue weighted by molar-refractivity contribution is 7.88. The largest absolute Gasteiger partial charge is 0.480 e. The number of fused-ring (bicyclic) bond motifs is 1. The lowest BCUT2D eigenvalue weighted by atomic mass is 9.98. The van der Waals surface area contributed by atoms with E-state index in [-0.39, 0.29) is 5.71 Å². The molecular weight excluding hydrogens is 284 g/mol. The highest BCUT2D eigenvalue weighted by Gasteiger charge is 2.67. The fourth-order valence-electron chi connectivity index (χ4n) is 2.60. The van der Waals surface area contributed by atoms with Crippen LogP contribution in [0.15, 0.2) is 5.16 Å². The van der Waals surface area contributed by atoms with Gasteiger partial charge in [0.25, 0.3) is 5.91 Å². The minimum Gasteiger partial charge on any atom is -0.480 e. The second-order valence-electron chi connectivity index (χ2n) is 5.92. The van der Waals surface area contributed by atoms with E-state index in [9.17, 15) is 18.9 Å². The van der Waals surface area contributed by atoms with Crippen LogP contribution in [-0.2, 0) is 25.2 Å². The van der Waals surface area contributed by atoms with E-state index in [1.807, 2.05) is 0 Å². The summed E-state index contributed by atoms with van der Waals surface area (Å²) in [6, 6.07) is -1.08. The summed E-state index contributed by atoms with van der Waals surface area (Å²) in [7, 11) is -1.51. The zero-order chi connectivity index (χ0) is 14.7. The number of aliphatic carboxylic acids is 1. The number of hydrogen-bond donors (Lipinski definition) is 1. The van der Waals surface area contributed by atoms with Crippen LogP contribution in [0.3, 0.4) is 0 Å². The van der Waals surface area contributed by atoms with Crippen molar-refractivity contribution in [3.8, 4) is 0 Å². The average Bonchev–Trinajstić information content (AvgIpc) is 3.15. The first-order valence-electron chi connectivity index (χ1n) is 6.51. The highest BCUT2D eigenvalue weighted by atomic mass is 32.2. The fourth-order valence-corrected chi connectivity index (χ4v) is 4.38. The first-order chi connectivity index (χ1) is 9.35. The summed E-state index contributed by atoms with van der Waals surface area (Å²) in [4.78, 5) is 29.6. The van der Waals surface area contributed by atoms with Crippen molar-refractivity contribution in [3.05, 3.63) is 0 Å². The number of carbonyl (C=O) groups excluding carboxylic acids is 1. The smallest absolute Gasteiger partial charge is 0.328 e. The molecule has 0 radical (unpaired) electrons. The van der Waals surface area contributed by atoms with E-state index in [4.69, 9.17) is 4.84 Å². The molecule has 1 amide bonds. The van der Waals surface area contributed by atoms with Crippen LogP contribution in [0.5, 0.6) is 0 Å².